The molecule has 7 nitrogen and oxygen atoms in total. The Balaban J connectivity index is 1.62. The quantitative estimate of drug-likeness (QED) is 0.798. The lowest BCUT2D eigenvalue weighted by Crippen LogP contribution is -2.47. The Labute approximate surface area is 166 Å². The number of ether oxygens (including phenoxy) is 1. The minimum absolute atomic E-state index is 0.154. The molecule has 8 heteroatoms. The summed E-state index contributed by atoms with van der Waals surface area (Å²) in [5.41, 5.74) is 1.53. The number of carbonyl (C=O) groups is 1. The second-order valence-corrected chi connectivity index (χ2v) is 8.82. The zero-order chi connectivity index (χ0) is 20.1. The highest BCUT2D eigenvalue weighted by Crippen LogP contribution is 2.21. The molecule has 1 saturated heterocycles. The number of piperazine rings is 1. The summed E-state index contributed by atoms with van der Waals surface area (Å²) >= 11 is 0. The van der Waals surface area contributed by atoms with E-state index in [-0.39, 0.29) is 17.4 Å². The SMILES string of the molecule is Cc1ccc(OCC(=O)Nc2cccc(S(=O)(=O)N3CCN(C)CC3)c2)cc1. The molecule has 1 amide bonds. The summed E-state index contributed by atoms with van der Waals surface area (Å²) in [6, 6.07) is 13.7. The Morgan fingerprint density at radius 3 is 2.43 bits per heavy atom. The van der Waals surface area contributed by atoms with E-state index in [1.165, 1.54) is 10.4 Å². The maximum absolute atomic E-state index is 12.8. The summed E-state index contributed by atoms with van der Waals surface area (Å²) in [6.07, 6.45) is 0. The highest BCUT2D eigenvalue weighted by molar-refractivity contribution is 7.89. The van der Waals surface area contributed by atoms with Crippen LogP contribution < -0.4 is 10.1 Å². The molecule has 0 unspecified atom stereocenters. The van der Waals surface area contributed by atoms with E-state index in [0.717, 1.165) is 5.56 Å². The van der Waals surface area contributed by atoms with Gasteiger partial charge in [-0.3, -0.25) is 4.79 Å². The standard InChI is InChI=1S/C20H25N3O4S/c1-16-6-8-18(9-7-16)27-15-20(24)21-17-4-3-5-19(14-17)28(25,26)23-12-10-22(2)11-13-23/h3-9,14H,10-13,15H2,1-2H3,(H,21,24). The summed E-state index contributed by atoms with van der Waals surface area (Å²) in [6.45, 7) is 4.13. The van der Waals surface area contributed by atoms with Gasteiger partial charge < -0.3 is 15.0 Å². The number of benzene rings is 2. The van der Waals surface area contributed by atoms with Crippen molar-refractivity contribution < 1.29 is 17.9 Å². The van der Waals surface area contributed by atoms with E-state index in [1.54, 1.807) is 30.3 Å². The van der Waals surface area contributed by atoms with Crippen LogP contribution in [0.3, 0.4) is 0 Å². The Morgan fingerprint density at radius 2 is 1.75 bits per heavy atom. The van der Waals surface area contributed by atoms with Gasteiger partial charge in [0.1, 0.15) is 5.75 Å². The molecule has 0 aliphatic carbocycles. The molecular weight excluding hydrogens is 378 g/mol. The van der Waals surface area contributed by atoms with Crippen molar-refractivity contribution in [1.29, 1.82) is 0 Å². The topological polar surface area (TPSA) is 78.9 Å². The molecule has 0 saturated carbocycles. The first kappa shape index (κ1) is 20.3. The highest BCUT2D eigenvalue weighted by atomic mass is 32.2. The van der Waals surface area contributed by atoms with Crippen LogP contribution in [0.15, 0.2) is 53.4 Å². The van der Waals surface area contributed by atoms with Gasteiger partial charge in [0.25, 0.3) is 5.91 Å². The third kappa shape index (κ3) is 5.09. The summed E-state index contributed by atoms with van der Waals surface area (Å²) < 4.78 is 32.6. The maximum atomic E-state index is 12.8. The highest BCUT2D eigenvalue weighted by Gasteiger charge is 2.27. The molecule has 0 aromatic heterocycles. The molecule has 0 spiro atoms. The van der Waals surface area contributed by atoms with Gasteiger partial charge in [0.05, 0.1) is 4.90 Å². The average Bonchev–Trinajstić information content (AvgIpc) is 2.68. The van der Waals surface area contributed by atoms with Crippen LogP contribution in [0.4, 0.5) is 5.69 Å². The van der Waals surface area contributed by atoms with Crippen LogP contribution in [0.5, 0.6) is 5.75 Å². The number of hydrogen-bond donors (Lipinski definition) is 1. The number of sulfonamides is 1. The minimum Gasteiger partial charge on any atom is -0.484 e. The number of amides is 1. The fourth-order valence-electron chi connectivity index (χ4n) is 2.89. The average molecular weight is 404 g/mol. The number of nitrogens with one attached hydrogen (secondary N) is 1. The van der Waals surface area contributed by atoms with Crippen molar-refractivity contribution in [3.8, 4) is 5.75 Å². The minimum atomic E-state index is -3.58. The lowest BCUT2D eigenvalue weighted by molar-refractivity contribution is -0.118. The lowest BCUT2D eigenvalue weighted by atomic mass is 10.2. The fraction of sp³-hybridized carbons (Fsp3) is 0.350. The number of nitrogens with zero attached hydrogens (tertiary/aromatic N) is 2. The van der Waals surface area contributed by atoms with Gasteiger partial charge in [0.2, 0.25) is 10.0 Å². The lowest BCUT2D eigenvalue weighted by Gasteiger charge is -2.31. The molecule has 1 fully saturated rings. The first-order chi connectivity index (χ1) is 13.3. The van der Waals surface area contributed by atoms with Gasteiger partial charge in [0, 0.05) is 31.9 Å². The second-order valence-electron chi connectivity index (χ2n) is 6.89. The third-order valence-electron chi connectivity index (χ3n) is 4.61. The molecule has 2 aromatic carbocycles. The Bertz CT molecular complexity index is 921. The van der Waals surface area contributed by atoms with Crippen LogP contribution in [-0.4, -0.2) is 63.4 Å². The second kappa shape index (κ2) is 8.72. The van der Waals surface area contributed by atoms with Crippen LogP contribution in [0, 0.1) is 6.92 Å². The van der Waals surface area contributed by atoms with Crippen molar-refractivity contribution in [3.05, 3.63) is 54.1 Å². The van der Waals surface area contributed by atoms with Crippen LogP contribution >= 0.6 is 0 Å². The first-order valence-corrected chi connectivity index (χ1v) is 10.6. The molecule has 1 N–H and O–H groups in total. The molecule has 0 radical (unpaired) electrons. The van der Waals surface area contributed by atoms with Crippen LogP contribution in [-0.2, 0) is 14.8 Å². The van der Waals surface area contributed by atoms with Crippen molar-refractivity contribution in [1.82, 2.24) is 9.21 Å². The molecule has 1 heterocycles. The molecule has 2 aromatic rings. The Kier molecular flexibility index (Phi) is 6.33. The van der Waals surface area contributed by atoms with Crippen molar-refractivity contribution in [2.24, 2.45) is 0 Å². The van der Waals surface area contributed by atoms with Crippen molar-refractivity contribution >= 4 is 21.6 Å². The molecule has 0 atom stereocenters. The zero-order valence-corrected chi connectivity index (χ0v) is 16.9. The van der Waals surface area contributed by atoms with E-state index in [9.17, 15) is 13.2 Å². The van der Waals surface area contributed by atoms with E-state index in [0.29, 0.717) is 37.6 Å². The predicted octanol–water partition coefficient (Wildman–Crippen LogP) is 1.95. The zero-order valence-electron chi connectivity index (χ0n) is 16.1. The monoisotopic (exact) mass is 403 g/mol. The summed E-state index contributed by atoms with van der Waals surface area (Å²) in [5, 5.41) is 2.69. The van der Waals surface area contributed by atoms with Crippen LogP contribution in [0.1, 0.15) is 5.56 Å². The summed E-state index contributed by atoms with van der Waals surface area (Å²) in [4.78, 5) is 14.4. The van der Waals surface area contributed by atoms with E-state index >= 15 is 0 Å². The van der Waals surface area contributed by atoms with Gasteiger partial charge in [-0.1, -0.05) is 23.8 Å². The number of rotatable bonds is 6. The van der Waals surface area contributed by atoms with E-state index in [2.05, 4.69) is 10.2 Å². The Hall–Kier alpha value is -2.42. The maximum Gasteiger partial charge on any atom is 0.262 e. The number of likely N-dealkylation sites (N-methyl/N-ethyl adjacent to an activating group) is 1. The molecule has 28 heavy (non-hydrogen) atoms. The molecule has 1 aliphatic heterocycles. The molecular formula is C20H25N3O4S. The summed E-state index contributed by atoms with van der Waals surface area (Å²) in [5.74, 6) is 0.252. The largest absolute Gasteiger partial charge is 0.484 e. The van der Waals surface area contributed by atoms with Gasteiger partial charge >= 0.3 is 0 Å². The predicted molar refractivity (Wildman–Crippen MR) is 108 cm³/mol. The van der Waals surface area contributed by atoms with Gasteiger partial charge in [-0.25, -0.2) is 8.42 Å². The van der Waals surface area contributed by atoms with Crippen LogP contribution in [0.25, 0.3) is 0 Å². The van der Waals surface area contributed by atoms with E-state index < -0.39 is 10.0 Å². The van der Waals surface area contributed by atoms with E-state index in [4.69, 9.17) is 4.74 Å². The van der Waals surface area contributed by atoms with Gasteiger partial charge in [-0.15, -0.1) is 0 Å². The normalized spacial score (nSPS) is 15.9. The summed E-state index contributed by atoms with van der Waals surface area (Å²) in [7, 11) is -1.61. The molecule has 150 valence electrons. The number of anilines is 1. The number of hydrogen-bond acceptors (Lipinski definition) is 5. The van der Waals surface area contributed by atoms with Crippen molar-refractivity contribution in [2.75, 3.05) is 45.2 Å². The molecule has 1 aliphatic rings. The molecule has 0 bridgehead atoms. The van der Waals surface area contributed by atoms with Crippen molar-refractivity contribution in [3.63, 3.8) is 0 Å². The van der Waals surface area contributed by atoms with Gasteiger partial charge in [-0.2, -0.15) is 4.31 Å². The van der Waals surface area contributed by atoms with Crippen LogP contribution in [0.2, 0.25) is 0 Å². The first-order valence-electron chi connectivity index (χ1n) is 9.13. The number of carbonyl (C=O) groups excluding carboxylic acids is 1. The number of aryl methyl sites for hydroxylation is 1. The fourth-order valence-corrected chi connectivity index (χ4v) is 4.36. The Morgan fingerprint density at radius 1 is 1.07 bits per heavy atom. The van der Waals surface area contributed by atoms with Gasteiger partial charge in [0.15, 0.2) is 6.61 Å². The van der Waals surface area contributed by atoms with Gasteiger partial charge in [-0.05, 0) is 44.3 Å². The van der Waals surface area contributed by atoms with E-state index in [1.807, 2.05) is 26.1 Å². The molecule has 3 rings (SSSR count). The third-order valence-corrected chi connectivity index (χ3v) is 6.50. The van der Waals surface area contributed by atoms with Crippen molar-refractivity contribution in [2.45, 2.75) is 11.8 Å². The smallest absolute Gasteiger partial charge is 0.262 e.